The summed E-state index contributed by atoms with van der Waals surface area (Å²) in [4.78, 5) is 12.8. The summed E-state index contributed by atoms with van der Waals surface area (Å²) in [5, 5.41) is 8.71. The summed E-state index contributed by atoms with van der Waals surface area (Å²) in [5.41, 5.74) is 2.75. The Morgan fingerprint density at radius 1 is 1.03 bits per heavy atom. The molecule has 1 N–H and O–H groups in total. The lowest BCUT2D eigenvalue weighted by Gasteiger charge is -2.34. The minimum atomic E-state index is -3.56. The van der Waals surface area contributed by atoms with Crippen LogP contribution in [0, 0.1) is 11.8 Å². The van der Waals surface area contributed by atoms with E-state index in [1.165, 1.54) is 23.7 Å². The number of carbonyl (C=O) groups excluding carboxylic acids is 1. The largest absolute Gasteiger partial charge is 0.322 e. The smallest absolute Gasteiger partial charge is 0.255 e. The third-order valence-electron chi connectivity index (χ3n) is 5.39. The van der Waals surface area contributed by atoms with Gasteiger partial charge in [-0.1, -0.05) is 30.5 Å². The number of benzene rings is 2. The average molecular weight is 457 g/mol. The van der Waals surface area contributed by atoms with Crippen LogP contribution in [0.3, 0.4) is 0 Å². The highest BCUT2D eigenvalue weighted by atomic mass is 32.2. The molecule has 0 aliphatic carbocycles. The first-order chi connectivity index (χ1) is 14.8. The first-order valence-corrected chi connectivity index (χ1v) is 12.4. The number of sulfonamides is 1. The second kappa shape index (κ2) is 8.86. The van der Waals surface area contributed by atoms with Gasteiger partial charge < -0.3 is 5.32 Å². The van der Waals surface area contributed by atoms with Crippen molar-refractivity contribution in [3.63, 3.8) is 0 Å². The lowest BCUT2D eigenvalue weighted by Crippen LogP contribution is -2.42. The van der Waals surface area contributed by atoms with E-state index < -0.39 is 10.0 Å². The van der Waals surface area contributed by atoms with Gasteiger partial charge in [0.2, 0.25) is 10.0 Å². The minimum absolute atomic E-state index is 0.214. The molecule has 2 aromatic carbocycles. The summed E-state index contributed by atoms with van der Waals surface area (Å²) in [6.45, 7) is 5.21. The highest BCUT2D eigenvalue weighted by molar-refractivity contribution is 7.89. The highest BCUT2D eigenvalue weighted by Crippen LogP contribution is 2.27. The molecule has 1 aliphatic heterocycles. The van der Waals surface area contributed by atoms with Crippen LogP contribution in [0.2, 0.25) is 0 Å². The van der Waals surface area contributed by atoms with Crippen LogP contribution in [0.5, 0.6) is 0 Å². The van der Waals surface area contributed by atoms with E-state index in [2.05, 4.69) is 28.8 Å². The Hall–Kier alpha value is -2.62. The Labute approximate surface area is 186 Å². The van der Waals surface area contributed by atoms with E-state index in [4.69, 9.17) is 0 Å². The van der Waals surface area contributed by atoms with Crippen molar-refractivity contribution in [2.75, 3.05) is 18.4 Å². The molecule has 1 amide bonds. The van der Waals surface area contributed by atoms with E-state index in [0.29, 0.717) is 36.2 Å². The number of hydrogen-bond acceptors (Lipinski definition) is 6. The maximum Gasteiger partial charge on any atom is 0.255 e. The molecule has 9 heteroatoms. The van der Waals surface area contributed by atoms with Gasteiger partial charge in [-0.15, -0.1) is 5.10 Å². The Morgan fingerprint density at radius 2 is 1.68 bits per heavy atom. The topological polar surface area (TPSA) is 92.3 Å². The summed E-state index contributed by atoms with van der Waals surface area (Å²) < 4.78 is 31.4. The maximum atomic E-state index is 13.0. The predicted octanol–water partition coefficient (Wildman–Crippen LogP) is 4.12. The minimum Gasteiger partial charge on any atom is -0.322 e. The molecule has 2 heterocycles. The summed E-state index contributed by atoms with van der Waals surface area (Å²) in [5.74, 6) is 0.371. The summed E-state index contributed by atoms with van der Waals surface area (Å²) in [6, 6.07) is 13.4. The second-order valence-electron chi connectivity index (χ2n) is 8.11. The maximum absolute atomic E-state index is 13.0. The fraction of sp³-hybridized carbons (Fsp3) is 0.318. The third-order valence-corrected chi connectivity index (χ3v) is 7.74. The van der Waals surface area contributed by atoms with Crippen LogP contribution in [0.25, 0.3) is 11.3 Å². The lowest BCUT2D eigenvalue weighted by molar-refractivity contribution is 0.102. The fourth-order valence-corrected chi connectivity index (χ4v) is 6.09. The van der Waals surface area contributed by atoms with Crippen molar-refractivity contribution in [3.05, 3.63) is 59.5 Å². The molecule has 0 radical (unpaired) electrons. The molecule has 162 valence electrons. The lowest BCUT2D eigenvalue weighted by atomic mass is 9.94. The summed E-state index contributed by atoms with van der Waals surface area (Å²) in [6.07, 6.45) is 1.03. The molecule has 4 rings (SSSR count). The van der Waals surface area contributed by atoms with E-state index in [9.17, 15) is 13.2 Å². The second-order valence-corrected chi connectivity index (χ2v) is 10.7. The third kappa shape index (κ3) is 4.84. The van der Waals surface area contributed by atoms with Gasteiger partial charge in [0, 0.05) is 35.3 Å². The van der Waals surface area contributed by atoms with Crippen LogP contribution in [0.1, 0.15) is 30.6 Å². The van der Waals surface area contributed by atoms with Crippen LogP contribution in [0.15, 0.2) is 58.8 Å². The molecule has 1 saturated heterocycles. The van der Waals surface area contributed by atoms with Gasteiger partial charge in [0.1, 0.15) is 5.69 Å². The molecular weight excluding hydrogens is 432 g/mol. The van der Waals surface area contributed by atoms with E-state index >= 15 is 0 Å². The SMILES string of the molecule is CC1CC(C)CN(S(=O)(=O)c2ccc(C(=O)Nc3ccc(-c4csnn4)cc3)cc2)C1. The Kier molecular flexibility index (Phi) is 6.17. The average Bonchev–Trinajstić information content (AvgIpc) is 3.28. The monoisotopic (exact) mass is 456 g/mol. The van der Waals surface area contributed by atoms with Gasteiger partial charge in [-0.3, -0.25) is 4.79 Å². The van der Waals surface area contributed by atoms with Crippen LogP contribution >= 0.6 is 11.5 Å². The molecule has 0 bridgehead atoms. The number of nitrogens with one attached hydrogen (secondary N) is 1. The van der Waals surface area contributed by atoms with Gasteiger partial charge in [0.25, 0.3) is 5.91 Å². The molecular formula is C22H24N4O3S2. The summed E-state index contributed by atoms with van der Waals surface area (Å²) >= 11 is 1.28. The van der Waals surface area contributed by atoms with E-state index in [0.717, 1.165) is 17.7 Å². The number of hydrogen-bond donors (Lipinski definition) is 1. The predicted molar refractivity (Wildman–Crippen MR) is 121 cm³/mol. The van der Waals surface area contributed by atoms with Crippen molar-refractivity contribution >= 4 is 33.2 Å². The molecule has 1 aromatic heterocycles. The van der Waals surface area contributed by atoms with Crippen molar-refractivity contribution in [1.82, 2.24) is 13.9 Å². The van der Waals surface area contributed by atoms with Crippen molar-refractivity contribution in [3.8, 4) is 11.3 Å². The van der Waals surface area contributed by atoms with Crippen molar-refractivity contribution in [2.45, 2.75) is 25.2 Å². The van der Waals surface area contributed by atoms with Crippen LogP contribution in [0.4, 0.5) is 5.69 Å². The number of carbonyl (C=O) groups is 1. The molecule has 0 spiro atoms. The number of amides is 1. The normalized spacial score (nSPS) is 19.8. The quantitative estimate of drug-likeness (QED) is 0.623. The molecule has 2 atom stereocenters. The molecule has 7 nitrogen and oxygen atoms in total. The van der Waals surface area contributed by atoms with Gasteiger partial charge in [0.15, 0.2) is 0 Å². The number of anilines is 1. The Balaban J connectivity index is 1.44. The van der Waals surface area contributed by atoms with Crippen LogP contribution in [-0.2, 0) is 10.0 Å². The van der Waals surface area contributed by atoms with Gasteiger partial charge >= 0.3 is 0 Å². The fourth-order valence-electron chi connectivity index (χ4n) is 3.95. The molecule has 3 aromatic rings. The molecule has 1 aliphatic rings. The Morgan fingerprint density at radius 3 is 2.26 bits per heavy atom. The molecule has 0 saturated carbocycles. The van der Waals surface area contributed by atoms with Gasteiger partial charge in [-0.05, 0) is 66.2 Å². The van der Waals surface area contributed by atoms with E-state index in [-0.39, 0.29) is 10.8 Å². The first kappa shape index (κ1) is 21.6. The summed E-state index contributed by atoms with van der Waals surface area (Å²) in [7, 11) is -3.56. The molecule has 2 unspecified atom stereocenters. The van der Waals surface area contributed by atoms with Crippen LogP contribution in [-0.4, -0.2) is 41.3 Å². The highest BCUT2D eigenvalue weighted by Gasteiger charge is 2.31. The van der Waals surface area contributed by atoms with Crippen molar-refractivity contribution in [2.24, 2.45) is 11.8 Å². The zero-order valence-electron chi connectivity index (χ0n) is 17.4. The van der Waals surface area contributed by atoms with E-state index in [1.807, 2.05) is 17.5 Å². The van der Waals surface area contributed by atoms with Crippen molar-refractivity contribution in [1.29, 1.82) is 0 Å². The number of rotatable bonds is 5. The first-order valence-electron chi connectivity index (χ1n) is 10.1. The zero-order chi connectivity index (χ0) is 22.0. The number of nitrogens with zero attached hydrogens (tertiary/aromatic N) is 3. The Bertz CT molecular complexity index is 1130. The molecule has 1 fully saturated rings. The molecule has 31 heavy (non-hydrogen) atoms. The number of piperidine rings is 1. The standard InChI is InChI=1S/C22H24N4O3S2/c1-15-11-16(2)13-26(12-15)31(28,29)20-9-5-18(6-10-20)22(27)23-19-7-3-17(4-8-19)21-14-30-25-24-21/h3-10,14-16H,11-13H2,1-2H3,(H,23,27). The van der Waals surface area contributed by atoms with Gasteiger partial charge in [-0.2, -0.15) is 4.31 Å². The van der Waals surface area contributed by atoms with Gasteiger partial charge in [-0.25, -0.2) is 8.42 Å². The van der Waals surface area contributed by atoms with Gasteiger partial charge in [0.05, 0.1) is 4.90 Å². The zero-order valence-corrected chi connectivity index (χ0v) is 19.0. The van der Waals surface area contributed by atoms with E-state index in [1.54, 1.807) is 28.6 Å². The number of aromatic nitrogens is 2. The van der Waals surface area contributed by atoms with Crippen LogP contribution < -0.4 is 5.32 Å². The van der Waals surface area contributed by atoms with Crippen molar-refractivity contribution < 1.29 is 13.2 Å².